The molecule has 0 saturated heterocycles. The molecule has 1 aromatic heterocycles. The van der Waals surface area contributed by atoms with E-state index in [0.29, 0.717) is 12.5 Å². The second-order valence-electron chi connectivity index (χ2n) is 4.87. The summed E-state index contributed by atoms with van der Waals surface area (Å²) >= 11 is 3.47. The number of nitrogens with zero attached hydrogens (tertiary/aromatic N) is 4. The van der Waals surface area contributed by atoms with Crippen LogP contribution < -0.4 is 5.73 Å². The largest absolute Gasteiger partial charge is 0.370 e. The summed E-state index contributed by atoms with van der Waals surface area (Å²) in [5.74, 6) is 0.641. The highest BCUT2D eigenvalue weighted by atomic mass is 79.9. The van der Waals surface area contributed by atoms with Crippen molar-refractivity contribution in [2.45, 2.75) is 19.9 Å². The number of aliphatic imine (C=N–C) groups is 1. The molecule has 0 aliphatic carbocycles. The third-order valence-electron chi connectivity index (χ3n) is 3.76. The van der Waals surface area contributed by atoms with E-state index in [9.17, 15) is 0 Å². The van der Waals surface area contributed by atoms with Crippen LogP contribution in [0.1, 0.15) is 25.5 Å². The summed E-state index contributed by atoms with van der Waals surface area (Å²) < 4.78 is 0.990. The molecule has 2 rings (SSSR count). The van der Waals surface area contributed by atoms with Gasteiger partial charge >= 0.3 is 0 Å². The average Bonchev–Trinajstić information content (AvgIpc) is 2.81. The number of likely N-dealkylation sites (N-methyl/N-ethyl adjacent to an activating group) is 1. The fourth-order valence-electron chi connectivity index (χ4n) is 2.48. The highest BCUT2D eigenvalue weighted by Gasteiger charge is 2.27. The number of hydrogen-bond donors (Lipinski definition) is 1. The first-order valence-corrected chi connectivity index (χ1v) is 7.84. The Balaban J connectivity index is 2.06. The number of halogens is 1. The van der Waals surface area contributed by atoms with E-state index in [0.717, 1.165) is 36.2 Å². The fourth-order valence-corrected chi connectivity index (χ4v) is 2.87. The van der Waals surface area contributed by atoms with Crippen molar-refractivity contribution in [3.8, 4) is 0 Å². The Morgan fingerprint density at radius 3 is 2.80 bits per heavy atom. The first-order valence-electron chi connectivity index (χ1n) is 7.05. The SMILES string of the molecule is CCN(CC)CCN1C(N)=NCC1c1cncc(Br)c1. The minimum atomic E-state index is 0.204. The van der Waals surface area contributed by atoms with Crippen LogP contribution in [0.5, 0.6) is 0 Å². The zero-order chi connectivity index (χ0) is 14.5. The molecule has 110 valence electrons. The average molecular weight is 340 g/mol. The maximum Gasteiger partial charge on any atom is 0.191 e. The summed E-state index contributed by atoms with van der Waals surface area (Å²) in [5, 5.41) is 0. The molecule has 1 atom stereocenters. The minimum Gasteiger partial charge on any atom is -0.370 e. The van der Waals surface area contributed by atoms with Crippen LogP contribution in [-0.4, -0.2) is 53.5 Å². The van der Waals surface area contributed by atoms with Gasteiger partial charge in [-0.15, -0.1) is 0 Å². The zero-order valence-corrected chi connectivity index (χ0v) is 13.7. The van der Waals surface area contributed by atoms with Crippen molar-refractivity contribution in [2.24, 2.45) is 10.7 Å². The van der Waals surface area contributed by atoms with E-state index in [-0.39, 0.29) is 6.04 Å². The zero-order valence-electron chi connectivity index (χ0n) is 12.1. The molecule has 0 fully saturated rings. The van der Waals surface area contributed by atoms with Crippen molar-refractivity contribution in [2.75, 3.05) is 32.7 Å². The van der Waals surface area contributed by atoms with Crippen molar-refractivity contribution < 1.29 is 0 Å². The number of rotatable bonds is 6. The molecule has 6 heteroatoms. The van der Waals surface area contributed by atoms with Crippen LogP contribution in [0.15, 0.2) is 27.9 Å². The van der Waals surface area contributed by atoms with Crippen molar-refractivity contribution >= 4 is 21.9 Å². The predicted octanol–water partition coefficient (Wildman–Crippen LogP) is 1.86. The van der Waals surface area contributed by atoms with Crippen molar-refractivity contribution in [1.29, 1.82) is 0 Å². The molecule has 0 amide bonds. The van der Waals surface area contributed by atoms with Gasteiger partial charge in [-0.3, -0.25) is 9.98 Å². The molecular formula is C14H22BrN5. The highest BCUT2D eigenvalue weighted by molar-refractivity contribution is 9.10. The van der Waals surface area contributed by atoms with Crippen LogP contribution in [0.2, 0.25) is 0 Å². The second kappa shape index (κ2) is 7.04. The first kappa shape index (κ1) is 15.3. The Bertz CT molecular complexity index is 472. The smallest absolute Gasteiger partial charge is 0.191 e. The molecule has 20 heavy (non-hydrogen) atoms. The molecule has 0 spiro atoms. The highest BCUT2D eigenvalue weighted by Crippen LogP contribution is 2.26. The maximum absolute atomic E-state index is 6.04. The lowest BCUT2D eigenvalue weighted by atomic mass is 10.1. The van der Waals surface area contributed by atoms with Crippen LogP contribution in [0, 0.1) is 0 Å². The lowest BCUT2D eigenvalue weighted by Crippen LogP contribution is -2.41. The van der Waals surface area contributed by atoms with E-state index in [2.05, 4.69) is 55.6 Å². The number of nitrogens with two attached hydrogens (primary N) is 1. The van der Waals surface area contributed by atoms with Gasteiger partial charge in [-0.05, 0) is 40.6 Å². The molecule has 0 radical (unpaired) electrons. The van der Waals surface area contributed by atoms with Gasteiger partial charge in [0.2, 0.25) is 0 Å². The Morgan fingerprint density at radius 1 is 1.40 bits per heavy atom. The normalized spacial score (nSPS) is 18.7. The van der Waals surface area contributed by atoms with Crippen LogP contribution in [0.4, 0.5) is 0 Å². The van der Waals surface area contributed by atoms with Gasteiger partial charge in [0.25, 0.3) is 0 Å². The minimum absolute atomic E-state index is 0.204. The second-order valence-corrected chi connectivity index (χ2v) is 5.79. The van der Waals surface area contributed by atoms with E-state index in [1.807, 2.05) is 6.20 Å². The third-order valence-corrected chi connectivity index (χ3v) is 4.19. The van der Waals surface area contributed by atoms with E-state index in [4.69, 9.17) is 5.73 Å². The van der Waals surface area contributed by atoms with Gasteiger partial charge in [-0.25, -0.2) is 0 Å². The molecule has 1 aromatic rings. The predicted molar refractivity (Wildman–Crippen MR) is 85.7 cm³/mol. The number of guanidine groups is 1. The van der Waals surface area contributed by atoms with Crippen molar-refractivity contribution in [3.05, 3.63) is 28.5 Å². The number of pyridine rings is 1. The Morgan fingerprint density at radius 2 is 2.15 bits per heavy atom. The summed E-state index contributed by atoms with van der Waals surface area (Å²) in [7, 11) is 0. The van der Waals surface area contributed by atoms with Crippen LogP contribution in [0.3, 0.4) is 0 Å². The van der Waals surface area contributed by atoms with Gasteiger partial charge in [0, 0.05) is 30.0 Å². The van der Waals surface area contributed by atoms with Gasteiger partial charge in [-0.1, -0.05) is 13.8 Å². The summed E-state index contributed by atoms with van der Waals surface area (Å²) in [6.45, 7) is 9.09. The monoisotopic (exact) mass is 339 g/mol. The van der Waals surface area contributed by atoms with Gasteiger partial charge < -0.3 is 15.5 Å². The van der Waals surface area contributed by atoms with Crippen LogP contribution >= 0.6 is 15.9 Å². The van der Waals surface area contributed by atoms with Gasteiger partial charge in [0.1, 0.15) is 0 Å². The molecule has 0 saturated carbocycles. The third kappa shape index (κ3) is 3.49. The summed E-state index contributed by atoms with van der Waals surface area (Å²) in [6.07, 6.45) is 3.69. The molecule has 5 nitrogen and oxygen atoms in total. The topological polar surface area (TPSA) is 57.8 Å². The number of hydrogen-bond acceptors (Lipinski definition) is 5. The van der Waals surface area contributed by atoms with E-state index in [1.165, 1.54) is 0 Å². The van der Waals surface area contributed by atoms with Crippen molar-refractivity contribution in [1.82, 2.24) is 14.8 Å². The summed E-state index contributed by atoms with van der Waals surface area (Å²) in [4.78, 5) is 13.2. The lowest BCUT2D eigenvalue weighted by Gasteiger charge is -2.29. The van der Waals surface area contributed by atoms with Gasteiger partial charge in [0.15, 0.2) is 5.96 Å². The Labute approximate surface area is 129 Å². The Kier molecular flexibility index (Phi) is 5.37. The molecule has 1 aliphatic rings. The van der Waals surface area contributed by atoms with E-state index in [1.54, 1.807) is 6.20 Å². The van der Waals surface area contributed by atoms with Gasteiger partial charge in [-0.2, -0.15) is 0 Å². The molecule has 0 bridgehead atoms. The number of aromatic nitrogens is 1. The first-order chi connectivity index (χ1) is 9.65. The summed E-state index contributed by atoms with van der Waals surface area (Å²) in [6, 6.07) is 2.30. The van der Waals surface area contributed by atoms with E-state index >= 15 is 0 Å². The molecule has 1 unspecified atom stereocenters. The standard InChI is InChI=1S/C14H22BrN5/c1-3-19(4-2)5-6-20-13(10-18-14(20)16)11-7-12(15)9-17-8-11/h7-9,13H,3-6,10H2,1-2H3,(H2,16,18). The molecular weight excluding hydrogens is 318 g/mol. The quantitative estimate of drug-likeness (QED) is 0.859. The fraction of sp³-hybridized carbons (Fsp3) is 0.571. The molecule has 2 heterocycles. The Hall–Kier alpha value is -1.14. The molecule has 0 aromatic carbocycles. The van der Waals surface area contributed by atoms with Crippen LogP contribution in [0.25, 0.3) is 0 Å². The maximum atomic E-state index is 6.04. The molecule has 2 N–H and O–H groups in total. The molecule has 1 aliphatic heterocycles. The van der Waals surface area contributed by atoms with Crippen molar-refractivity contribution in [3.63, 3.8) is 0 Å². The van der Waals surface area contributed by atoms with E-state index < -0.39 is 0 Å². The lowest BCUT2D eigenvalue weighted by molar-refractivity contribution is 0.248. The van der Waals surface area contributed by atoms with Gasteiger partial charge in [0.05, 0.1) is 12.6 Å². The van der Waals surface area contributed by atoms with Crippen LogP contribution in [-0.2, 0) is 0 Å². The summed E-state index contributed by atoms with van der Waals surface area (Å²) in [5.41, 5.74) is 7.19.